The van der Waals surface area contributed by atoms with Crippen molar-refractivity contribution in [3.05, 3.63) is 53.6 Å². The molecule has 0 spiro atoms. The average molecular weight is 386 g/mol. The van der Waals surface area contributed by atoms with Crippen LogP contribution in [0.5, 0.6) is 17.2 Å². The summed E-state index contributed by atoms with van der Waals surface area (Å²) in [5, 5.41) is 3.60. The van der Waals surface area contributed by atoms with Crippen LogP contribution >= 0.6 is 0 Å². The first-order valence-electron chi connectivity index (χ1n) is 9.63. The van der Waals surface area contributed by atoms with Gasteiger partial charge in [0.2, 0.25) is 0 Å². The zero-order valence-corrected chi connectivity index (χ0v) is 16.9. The Balaban J connectivity index is 1.75. The number of para-hydroxylation sites is 1. The lowest BCUT2D eigenvalue weighted by atomic mass is 10.0. The highest BCUT2D eigenvalue weighted by Crippen LogP contribution is 2.32. The summed E-state index contributed by atoms with van der Waals surface area (Å²) in [4.78, 5) is 2.46. The van der Waals surface area contributed by atoms with Crippen molar-refractivity contribution in [3.8, 4) is 17.2 Å². The molecule has 6 nitrogen and oxygen atoms in total. The molecule has 3 rings (SSSR count). The molecule has 0 bridgehead atoms. The molecule has 1 heterocycles. The highest BCUT2D eigenvalue weighted by molar-refractivity contribution is 5.44. The number of nitrogens with zero attached hydrogens (tertiary/aromatic N) is 1. The average Bonchev–Trinajstić information content (AvgIpc) is 2.77. The van der Waals surface area contributed by atoms with Gasteiger partial charge in [-0.25, -0.2) is 0 Å². The largest absolute Gasteiger partial charge is 0.496 e. The zero-order chi connectivity index (χ0) is 19.8. The van der Waals surface area contributed by atoms with Gasteiger partial charge in [0.25, 0.3) is 0 Å². The normalized spacial score (nSPS) is 15.8. The maximum absolute atomic E-state index is 5.55. The first kappa shape index (κ1) is 20.5. The van der Waals surface area contributed by atoms with Crippen LogP contribution in [0.15, 0.2) is 42.5 Å². The summed E-state index contributed by atoms with van der Waals surface area (Å²) in [6.45, 7) is 4.91. The van der Waals surface area contributed by atoms with Gasteiger partial charge < -0.3 is 24.3 Å². The summed E-state index contributed by atoms with van der Waals surface area (Å²) in [5.41, 5.74) is 2.35. The predicted molar refractivity (Wildman–Crippen MR) is 109 cm³/mol. The first-order chi connectivity index (χ1) is 13.8. The maximum atomic E-state index is 5.55. The lowest BCUT2D eigenvalue weighted by Crippen LogP contribution is -2.42. The second-order valence-corrected chi connectivity index (χ2v) is 6.72. The summed E-state index contributed by atoms with van der Waals surface area (Å²) in [5.74, 6) is 2.40. The Hall–Kier alpha value is -2.28. The third-order valence-corrected chi connectivity index (χ3v) is 5.12. The Kier molecular flexibility index (Phi) is 7.54. The summed E-state index contributed by atoms with van der Waals surface area (Å²) in [6.07, 6.45) is 0. The SMILES string of the molecule is COc1ccccc1CNCC(c1ccc(OC)c(OC)c1)N1CCOCC1. The van der Waals surface area contributed by atoms with Crippen molar-refractivity contribution in [2.24, 2.45) is 0 Å². The highest BCUT2D eigenvalue weighted by atomic mass is 16.5. The molecule has 1 saturated heterocycles. The van der Waals surface area contributed by atoms with Crippen LogP contribution in [-0.2, 0) is 11.3 Å². The standard InChI is InChI=1S/C22H30N2O4/c1-25-20-7-5-4-6-18(20)15-23-16-19(24-10-12-28-13-11-24)17-8-9-21(26-2)22(14-17)27-3/h4-9,14,19,23H,10-13,15-16H2,1-3H3. The molecule has 0 amide bonds. The lowest BCUT2D eigenvalue weighted by molar-refractivity contribution is 0.0160. The molecular formula is C22H30N2O4. The molecule has 0 aliphatic carbocycles. The van der Waals surface area contributed by atoms with Crippen LogP contribution in [-0.4, -0.2) is 59.1 Å². The Morgan fingerprint density at radius 2 is 1.64 bits per heavy atom. The molecule has 1 N–H and O–H groups in total. The van der Waals surface area contributed by atoms with Crippen molar-refractivity contribution in [1.29, 1.82) is 0 Å². The molecule has 1 fully saturated rings. The van der Waals surface area contributed by atoms with E-state index in [0.717, 1.165) is 62.2 Å². The molecule has 28 heavy (non-hydrogen) atoms. The van der Waals surface area contributed by atoms with Gasteiger partial charge in [0.05, 0.1) is 34.5 Å². The summed E-state index contributed by atoms with van der Waals surface area (Å²) < 4.78 is 21.9. The summed E-state index contributed by atoms with van der Waals surface area (Å²) in [6, 6.07) is 14.5. The van der Waals surface area contributed by atoms with Gasteiger partial charge in [-0.1, -0.05) is 24.3 Å². The number of benzene rings is 2. The van der Waals surface area contributed by atoms with E-state index in [2.05, 4.69) is 28.4 Å². The van der Waals surface area contributed by atoms with Crippen molar-refractivity contribution in [2.45, 2.75) is 12.6 Å². The second kappa shape index (κ2) is 10.3. The number of morpholine rings is 1. The van der Waals surface area contributed by atoms with Gasteiger partial charge in [0, 0.05) is 37.8 Å². The van der Waals surface area contributed by atoms with E-state index in [0.29, 0.717) is 0 Å². The number of rotatable bonds is 9. The minimum absolute atomic E-state index is 0.221. The fourth-order valence-electron chi connectivity index (χ4n) is 3.60. The van der Waals surface area contributed by atoms with Crippen LogP contribution in [0.3, 0.4) is 0 Å². The van der Waals surface area contributed by atoms with Crippen molar-refractivity contribution in [3.63, 3.8) is 0 Å². The van der Waals surface area contributed by atoms with Crippen molar-refractivity contribution < 1.29 is 18.9 Å². The Bertz CT molecular complexity index is 747. The van der Waals surface area contributed by atoms with Gasteiger partial charge in [0.1, 0.15) is 5.75 Å². The van der Waals surface area contributed by atoms with Crippen LogP contribution in [0.4, 0.5) is 0 Å². The molecule has 1 atom stereocenters. The van der Waals surface area contributed by atoms with Crippen molar-refractivity contribution >= 4 is 0 Å². The van der Waals surface area contributed by atoms with Gasteiger partial charge in [0.15, 0.2) is 11.5 Å². The molecule has 6 heteroatoms. The van der Waals surface area contributed by atoms with E-state index >= 15 is 0 Å². The number of hydrogen-bond acceptors (Lipinski definition) is 6. The fraction of sp³-hybridized carbons (Fsp3) is 0.455. The lowest BCUT2D eigenvalue weighted by Gasteiger charge is -2.35. The van der Waals surface area contributed by atoms with E-state index < -0.39 is 0 Å². The summed E-state index contributed by atoms with van der Waals surface area (Å²) >= 11 is 0. The van der Waals surface area contributed by atoms with E-state index in [-0.39, 0.29) is 6.04 Å². The zero-order valence-electron chi connectivity index (χ0n) is 16.9. The van der Waals surface area contributed by atoms with Gasteiger partial charge in [-0.05, 0) is 23.8 Å². The molecule has 152 valence electrons. The monoisotopic (exact) mass is 386 g/mol. The van der Waals surface area contributed by atoms with Crippen molar-refractivity contribution in [2.75, 3.05) is 54.2 Å². The predicted octanol–water partition coefficient (Wildman–Crippen LogP) is 2.88. The van der Waals surface area contributed by atoms with Crippen LogP contribution in [0, 0.1) is 0 Å². The number of nitrogens with one attached hydrogen (secondary N) is 1. The van der Waals surface area contributed by atoms with Crippen LogP contribution in [0.25, 0.3) is 0 Å². The summed E-state index contributed by atoms with van der Waals surface area (Å²) in [7, 11) is 5.04. The molecule has 1 unspecified atom stereocenters. The van der Waals surface area contributed by atoms with E-state index in [9.17, 15) is 0 Å². The molecule has 2 aromatic rings. The van der Waals surface area contributed by atoms with Gasteiger partial charge in [-0.2, -0.15) is 0 Å². The maximum Gasteiger partial charge on any atom is 0.161 e. The Morgan fingerprint density at radius 3 is 2.36 bits per heavy atom. The molecule has 1 aliphatic heterocycles. The van der Waals surface area contributed by atoms with Gasteiger partial charge >= 0.3 is 0 Å². The highest BCUT2D eigenvalue weighted by Gasteiger charge is 2.23. The molecule has 0 radical (unpaired) electrons. The molecule has 0 aromatic heterocycles. The molecule has 2 aromatic carbocycles. The Labute approximate surface area is 167 Å². The molecule has 0 saturated carbocycles. The van der Waals surface area contributed by atoms with Gasteiger partial charge in [-0.15, -0.1) is 0 Å². The van der Waals surface area contributed by atoms with Crippen LogP contribution in [0.2, 0.25) is 0 Å². The Morgan fingerprint density at radius 1 is 0.929 bits per heavy atom. The van der Waals surface area contributed by atoms with E-state index in [1.807, 2.05) is 24.3 Å². The van der Waals surface area contributed by atoms with E-state index in [1.165, 1.54) is 5.56 Å². The van der Waals surface area contributed by atoms with E-state index in [1.54, 1.807) is 21.3 Å². The number of methoxy groups -OCH3 is 3. The third kappa shape index (κ3) is 4.95. The fourth-order valence-corrected chi connectivity index (χ4v) is 3.60. The third-order valence-electron chi connectivity index (χ3n) is 5.12. The quantitative estimate of drug-likeness (QED) is 0.715. The molecular weight excluding hydrogens is 356 g/mol. The molecule has 1 aliphatic rings. The van der Waals surface area contributed by atoms with Crippen molar-refractivity contribution in [1.82, 2.24) is 10.2 Å². The van der Waals surface area contributed by atoms with Crippen LogP contribution < -0.4 is 19.5 Å². The minimum Gasteiger partial charge on any atom is -0.496 e. The number of hydrogen-bond donors (Lipinski definition) is 1. The second-order valence-electron chi connectivity index (χ2n) is 6.72. The van der Waals surface area contributed by atoms with E-state index in [4.69, 9.17) is 18.9 Å². The topological polar surface area (TPSA) is 52.2 Å². The number of ether oxygens (including phenoxy) is 4. The smallest absolute Gasteiger partial charge is 0.161 e. The first-order valence-corrected chi connectivity index (χ1v) is 9.63. The van der Waals surface area contributed by atoms with Crippen LogP contribution in [0.1, 0.15) is 17.2 Å². The minimum atomic E-state index is 0.221. The van der Waals surface area contributed by atoms with Gasteiger partial charge in [-0.3, -0.25) is 4.90 Å².